The van der Waals surface area contributed by atoms with Gasteiger partial charge in [-0.2, -0.15) is 0 Å². The second kappa shape index (κ2) is 6.57. The lowest BCUT2D eigenvalue weighted by Crippen LogP contribution is -2.32. The fraction of sp³-hybridized carbons (Fsp3) is 1.00. The summed E-state index contributed by atoms with van der Waals surface area (Å²) >= 11 is 0. The van der Waals surface area contributed by atoms with Gasteiger partial charge in [0.25, 0.3) is 0 Å². The molecule has 0 heterocycles. The lowest BCUT2D eigenvalue weighted by molar-refractivity contribution is 0.289. The Hall–Kier alpha value is -0.130. The van der Waals surface area contributed by atoms with E-state index in [1.165, 1.54) is 12.8 Å². The van der Waals surface area contributed by atoms with E-state index in [4.69, 9.17) is 5.11 Å². The molecule has 0 atom stereocenters. The van der Waals surface area contributed by atoms with Crippen molar-refractivity contribution in [1.82, 2.24) is 4.72 Å². The average Bonchev–Trinajstić information content (AvgIpc) is 2.26. The Balaban J connectivity index is 2.23. The summed E-state index contributed by atoms with van der Waals surface area (Å²) < 4.78 is 25.6. The Bertz CT molecular complexity index is 282. The smallest absolute Gasteiger partial charge is 0.211 e. The van der Waals surface area contributed by atoms with Crippen molar-refractivity contribution in [1.29, 1.82) is 0 Å². The van der Waals surface area contributed by atoms with Crippen molar-refractivity contribution in [3.63, 3.8) is 0 Å². The topological polar surface area (TPSA) is 66.4 Å². The highest BCUT2D eigenvalue weighted by molar-refractivity contribution is 7.89. The van der Waals surface area contributed by atoms with Gasteiger partial charge in [-0.05, 0) is 31.1 Å². The Morgan fingerprint density at radius 1 is 1.25 bits per heavy atom. The molecular formula is C11H23NO3S. The Morgan fingerprint density at radius 2 is 1.88 bits per heavy atom. The van der Waals surface area contributed by atoms with Gasteiger partial charge in [-0.1, -0.05) is 19.8 Å². The van der Waals surface area contributed by atoms with Crippen LogP contribution in [0.1, 0.15) is 39.0 Å². The first-order valence-corrected chi connectivity index (χ1v) is 7.77. The van der Waals surface area contributed by atoms with E-state index < -0.39 is 10.0 Å². The first kappa shape index (κ1) is 13.9. The molecule has 0 aromatic carbocycles. The number of nitrogens with one attached hydrogen (secondary N) is 1. The summed E-state index contributed by atoms with van der Waals surface area (Å²) in [5.74, 6) is 1.33. The summed E-state index contributed by atoms with van der Waals surface area (Å²) in [4.78, 5) is 0. The van der Waals surface area contributed by atoms with E-state index in [0.29, 0.717) is 18.9 Å². The van der Waals surface area contributed by atoms with E-state index in [1.54, 1.807) is 0 Å². The van der Waals surface area contributed by atoms with E-state index in [2.05, 4.69) is 11.6 Å². The second-order valence-corrected chi connectivity index (χ2v) is 6.80. The highest BCUT2D eigenvalue weighted by Crippen LogP contribution is 2.27. The molecule has 0 amide bonds. The molecule has 16 heavy (non-hydrogen) atoms. The Labute approximate surface area is 98.5 Å². The van der Waals surface area contributed by atoms with Gasteiger partial charge in [-0.3, -0.25) is 0 Å². The van der Waals surface area contributed by atoms with Crippen LogP contribution in [-0.4, -0.2) is 32.4 Å². The number of aliphatic hydroxyl groups is 1. The summed E-state index contributed by atoms with van der Waals surface area (Å²) in [5.41, 5.74) is 0. The van der Waals surface area contributed by atoms with Crippen LogP contribution in [0.5, 0.6) is 0 Å². The molecule has 0 aromatic rings. The van der Waals surface area contributed by atoms with Crippen LogP contribution < -0.4 is 4.72 Å². The molecule has 0 spiro atoms. The third kappa shape index (κ3) is 5.27. The van der Waals surface area contributed by atoms with Crippen molar-refractivity contribution in [3.8, 4) is 0 Å². The lowest BCUT2D eigenvalue weighted by Gasteiger charge is -2.26. The largest absolute Gasteiger partial charge is 0.396 e. The van der Waals surface area contributed by atoms with Crippen LogP contribution in [0.15, 0.2) is 0 Å². The monoisotopic (exact) mass is 249 g/mol. The van der Waals surface area contributed by atoms with Crippen LogP contribution in [0.3, 0.4) is 0 Å². The molecule has 1 aliphatic carbocycles. The lowest BCUT2D eigenvalue weighted by atomic mass is 9.83. The zero-order valence-corrected chi connectivity index (χ0v) is 10.8. The average molecular weight is 249 g/mol. The van der Waals surface area contributed by atoms with Gasteiger partial charge in [0.15, 0.2) is 0 Å². The highest BCUT2D eigenvalue weighted by atomic mass is 32.2. The van der Waals surface area contributed by atoms with Crippen molar-refractivity contribution in [2.75, 3.05) is 18.9 Å². The maximum atomic E-state index is 11.5. The van der Waals surface area contributed by atoms with Crippen molar-refractivity contribution < 1.29 is 13.5 Å². The molecule has 0 bridgehead atoms. The minimum atomic E-state index is -3.17. The summed E-state index contributed by atoms with van der Waals surface area (Å²) in [6.45, 7) is 2.75. The Kier molecular flexibility index (Phi) is 5.72. The predicted molar refractivity (Wildman–Crippen MR) is 64.6 cm³/mol. The highest BCUT2D eigenvalue weighted by Gasteiger charge is 2.19. The van der Waals surface area contributed by atoms with Gasteiger partial charge in [0.1, 0.15) is 0 Å². The summed E-state index contributed by atoms with van der Waals surface area (Å²) in [5, 5.41) is 8.58. The minimum Gasteiger partial charge on any atom is -0.396 e. The SMILES string of the molecule is CC1CCC(CNS(=O)(=O)CCCO)CC1. The molecule has 96 valence electrons. The minimum absolute atomic E-state index is 0.0343. The first-order chi connectivity index (χ1) is 7.53. The standard InChI is InChI=1S/C11H23NO3S/c1-10-3-5-11(6-4-10)9-12-16(14,15)8-2-7-13/h10-13H,2-9H2,1H3. The number of rotatable bonds is 6. The molecule has 1 saturated carbocycles. The van der Waals surface area contributed by atoms with Crippen LogP contribution in [0.25, 0.3) is 0 Å². The molecule has 0 aromatic heterocycles. The van der Waals surface area contributed by atoms with Crippen molar-refractivity contribution >= 4 is 10.0 Å². The fourth-order valence-electron chi connectivity index (χ4n) is 2.10. The second-order valence-electron chi connectivity index (χ2n) is 4.87. The van der Waals surface area contributed by atoms with Crippen molar-refractivity contribution in [3.05, 3.63) is 0 Å². The maximum Gasteiger partial charge on any atom is 0.211 e. The zero-order valence-electron chi connectivity index (χ0n) is 9.98. The molecule has 5 heteroatoms. The van der Waals surface area contributed by atoms with E-state index in [1.807, 2.05) is 0 Å². The van der Waals surface area contributed by atoms with Crippen LogP contribution in [0, 0.1) is 11.8 Å². The number of hydrogen-bond donors (Lipinski definition) is 2. The third-order valence-electron chi connectivity index (χ3n) is 3.30. The molecule has 2 N–H and O–H groups in total. The first-order valence-electron chi connectivity index (χ1n) is 6.11. The maximum absolute atomic E-state index is 11.5. The zero-order chi connectivity index (χ0) is 12.0. The van der Waals surface area contributed by atoms with E-state index in [0.717, 1.165) is 18.8 Å². The van der Waals surface area contributed by atoms with Gasteiger partial charge < -0.3 is 5.11 Å². The molecule has 4 nitrogen and oxygen atoms in total. The number of hydrogen-bond acceptors (Lipinski definition) is 3. The van der Waals surface area contributed by atoms with Crippen LogP contribution in [-0.2, 0) is 10.0 Å². The number of aliphatic hydroxyl groups excluding tert-OH is 1. The molecule has 1 rings (SSSR count). The van der Waals surface area contributed by atoms with E-state index in [9.17, 15) is 8.42 Å². The van der Waals surface area contributed by atoms with Crippen LogP contribution >= 0.6 is 0 Å². The normalized spacial score (nSPS) is 26.9. The third-order valence-corrected chi connectivity index (χ3v) is 4.73. The van der Waals surface area contributed by atoms with Gasteiger partial charge in [-0.15, -0.1) is 0 Å². The van der Waals surface area contributed by atoms with E-state index >= 15 is 0 Å². The predicted octanol–water partition coefficient (Wildman–Crippen LogP) is 1.11. The molecule has 0 radical (unpaired) electrons. The van der Waals surface area contributed by atoms with Gasteiger partial charge >= 0.3 is 0 Å². The molecule has 1 fully saturated rings. The Morgan fingerprint density at radius 3 is 2.44 bits per heavy atom. The van der Waals surface area contributed by atoms with Gasteiger partial charge in [-0.25, -0.2) is 13.1 Å². The van der Waals surface area contributed by atoms with Crippen molar-refractivity contribution in [2.24, 2.45) is 11.8 Å². The summed E-state index contributed by atoms with van der Waals surface area (Å²) in [7, 11) is -3.17. The summed E-state index contributed by atoms with van der Waals surface area (Å²) in [6, 6.07) is 0. The molecule has 0 unspecified atom stereocenters. The molecular weight excluding hydrogens is 226 g/mol. The van der Waals surface area contributed by atoms with E-state index in [-0.39, 0.29) is 12.4 Å². The molecule has 0 saturated heterocycles. The number of sulfonamides is 1. The van der Waals surface area contributed by atoms with Crippen LogP contribution in [0.4, 0.5) is 0 Å². The van der Waals surface area contributed by atoms with Gasteiger partial charge in [0.2, 0.25) is 10.0 Å². The molecule has 1 aliphatic rings. The quantitative estimate of drug-likeness (QED) is 0.741. The molecule has 0 aliphatic heterocycles. The fourth-order valence-corrected chi connectivity index (χ4v) is 3.25. The summed E-state index contributed by atoms with van der Waals surface area (Å²) in [6.07, 6.45) is 5.00. The van der Waals surface area contributed by atoms with Crippen LogP contribution in [0.2, 0.25) is 0 Å². The van der Waals surface area contributed by atoms with Crippen molar-refractivity contribution in [2.45, 2.75) is 39.0 Å². The van der Waals surface area contributed by atoms with Gasteiger partial charge in [0.05, 0.1) is 5.75 Å². The van der Waals surface area contributed by atoms with Gasteiger partial charge in [0, 0.05) is 13.2 Å².